The molecule has 3 aromatic rings. The van der Waals surface area contributed by atoms with Crippen molar-refractivity contribution in [3.63, 3.8) is 0 Å². The molecule has 0 amide bonds. The van der Waals surface area contributed by atoms with Gasteiger partial charge in [0, 0.05) is 18.8 Å². The van der Waals surface area contributed by atoms with Crippen molar-refractivity contribution >= 4 is 32.9 Å². The molecular formula is C19H20N6O4S. The molecule has 4 rings (SSSR count). The molecule has 4 N–H and O–H groups in total. The van der Waals surface area contributed by atoms with Crippen molar-refractivity contribution in [1.82, 2.24) is 15.4 Å². The van der Waals surface area contributed by atoms with Crippen molar-refractivity contribution in [1.29, 1.82) is 0 Å². The summed E-state index contributed by atoms with van der Waals surface area (Å²) in [6, 6.07) is 12.2. The molecule has 0 radical (unpaired) electrons. The Morgan fingerprint density at radius 3 is 2.50 bits per heavy atom. The zero-order chi connectivity index (χ0) is 21.1. The lowest BCUT2D eigenvalue weighted by atomic mass is 10.0. The third-order valence-electron chi connectivity index (χ3n) is 4.72. The van der Waals surface area contributed by atoms with Crippen molar-refractivity contribution in [2.45, 2.75) is 4.90 Å². The summed E-state index contributed by atoms with van der Waals surface area (Å²) in [5, 5.41) is 14.6. The quantitative estimate of drug-likeness (QED) is 0.407. The molecule has 2 heterocycles. The predicted molar refractivity (Wildman–Crippen MR) is 112 cm³/mol. The second-order valence-electron chi connectivity index (χ2n) is 6.63. The number of anilines is 4. The molecule has 0 spiro atoms. The molecule has 156 valence electrons. The van der Waals surface area contributed by atoms with Gasteiger partial charge in [0.25, 0.3) is 10.1 Å². The van der Waals surface area contributed by atoms with E-state index in [9.17, 15) is 13.0 Å². The van der Waals surface area contributed by atoms with Crippen LogP contribution in [0.2, 0.25) is 0 Å². The maximum atomic E-state index is 12.1. The summed E-state index contributed by atoms with van der Waals surface area (Å²) in [5.41, 5.74) is 8.67. The van der Waals surface area contributed by atoms with E-state index < -0.39 is 15.0 Å². The summed E-state index contributed by atoms with van der Waals surface area (Å²) < 4.78 is 39.5. The van der Waals surface area contributed by atoms with Crippen LogP contribution in [0.4, 0.5) is 22.7 Å². The monoisotopic (exact) mass is 428 g/mol. The summed E-state index contributed by atoms with van der Waals surface area (Å²) >= 11 is 0. The molecule has 10 nitrogen and oxygen atoms in total. The number of rotatable bonds is 5. The zero-order valence-electron chi connectivity index (χ0n) is 15.9. The van der Waals surface area contributed by atoms with E-state index in [1.807, 2.05) is 35.2 Å². The van der Waals surface area contributed by atoms with Gasteiger partial charge in [0.1, 0.15) is 10.6 Å². The highest BCUT2D eigenvalue weighted by Crippen LogP contribution is 2.45. The highest BCUT2D eigenvalue weighted by molar-refractivity contribution is 7.86. The molecule has 1 aliphatic rings. The van der Waals surface area contributed by atoms with Gasteiger partial charge >= 0.3 is 0 Å². The van der Waals surface area contributed by atoms with E-state index in [4.69, 9.17) is 10.5 Å². The molecular weight excluding hydrogens is 408 g/mol. The number of aromatic nitrogens is 3. The number of nitrogens with one attached hydrogen (secondary N) is 1. The fraction of sp³-hybridized carbons (Fsp3) is 0.211. The molecule has 11 heteroatoms. The van der Waals surface area contributed by atoms with Crippen LogP contribution in [0, 0.1) is 0 Å². The number of hydrogen-bond donors (Lipinski definition) is 3. The third-order valence-corrected chi connectivity index (χ3v) is 5.61. The van der Waals surface area contributed by atoms with Gasteiger partial charge in [-0.25, -0.2) is 0 Å². The first-order valence-corrected chi connectivity index (χ1v) is 10.6. The van der Waals surface area contributed by atoms with Crippen LogP contribution in [0.1, 0.15) is 0 Å². The van der Waals surface area contributed by atoms with Crippen molar-refractivity contribution in [3.05, 3.63) is 48.7 Å². The summed E-state index contributed by atoms with van der Waals surface area (Å²) in [7, 11) is -4.60. The van der Waals surface area contributed by atoms with Crippen LogP contribution in [0.15, 0.2) is 53.6 Å². The molecule has 30 heavy (non-hydrogen) atoms. The first-order valence-electron chi connectivity index (χ1n) is 9.18. The minimum absolute atomic E-state index is 0.113. The fourth-order valence-electron chi connectivity index (χ4n) is 3.40. The highest BCUT2D eigenvalue weighted by atomic mass is 32.2. The van der Waals surface area contributed by atoms with E-state index in [1.165, 1.54) is 12.3 Å². The van der Waals surface area contributed by atoms with Gasteiger partial charge in [-0.15, -0.1) is 10.2 Å². The number of hydrogen-bond acceptors (Lipinski definition) is 9. The van der Waals surface area contributed by atoms with Crippen LogP contribution >= 0.6 is 0 Å². The van der Waals surface area contributed by atoms with Crippen molar-refractivity contribution in [3.8, 4) is 11.3 Å². The first-order chi connectivity index (χ1) is 14.4. The Morgan fingerprint density at radius 2 is 1.87 bits per heavy atom. The maximum Gasteiger partial charge on any atom is 0.296 e. The SMILES string of the molecule is Nc1c(S(=O)(=O)O)cc(Nc2ccccc2)c(N2CCOCC2)c1-c1ccnnn1. The minimum atomic E-state index is -4.60. The van der Waals surface area contributed by atoms with E-state index in [0.717, 1.165) is 5.69 Å². The van der Waals surface area contributed by atoms with Gasteiger partial charge in [0.15, 0.2) is 0 Å². The van der Waals surface area contributed by atoms with Crippen LogP contribution in [0.3, 0.4) is 0 Å². The van der Waals surface area contributed by atoms with Gasteiger partial charge in [-0.05, 0) is 29.5 Å². The van der Waals surface area contributed by atoms with E-state index in [0.29, 0.717) is 48.9 Å². The largest absolute Gasteiger partial charge is 0.397 e. The molecule has 1 saturated heterocycles. The van der Waals surface area contributed by atoms with Crippen LogP contribution in [0.5, 0.6) is 0 Å². The normalized spacial score (nSPS) is 14.5. The van der Waals surface area contributed by atoms with Gasteiger partial charge in [0.2, 0.25) is 0 Å². The van der Waals surface area contributed by atoms with Crippen molar-refractivity contribution in [2.75, 3.05) is 42.3 Å². The summed E-state index contributed by atoms with van der Waals surface area (Å²) in [6.07, 6.45) is 1.44. The molecule has 2 aromatic carbocycles. The molecule has 1 aromatic heterocycles. The Hall–Kier alpha value is -3.28. The minimum Gasteiger partial charge on any atom is -0.397 e. The van der Waals surface area contributed by atoms with E-state index in [2.05, 4.69) is 20.7 Å². The van der Waals surface area contributed by atoms with E-state index in [1.54, 1.807) is 6.07 Å². The average Bonchev–Trinajstić information content (AvgIpc) is 2.75. The number of ether oxygens (including phenoxy) is 1. The number of nitrogen functional groups attached to an aromatic ring is 1. The smallest absolute Gasteiger partial charge is 0.296 e. The van der Waals surface area contributed by atoms with Crippen LogP contribution in [-0.4, -0.2) is 54.7 Å². The number of morpholine rings is 1. The predicted octanol–water partition coefficient (Wildman–Crippen LogP) is 1.95. The van der Waals surface area contributed by atoms with Gasteiger partial charge in [0.05, 0.1) is 42.0 Å². The van der Waals surface area contributed by atoms with Crippen LogP contribution in [-0.2, 0) is 14.9 Å². The van der Waals surface area contributed by atoms with Crippen molar-refractivity contribution < 1.29 is 17.7 Å². The maximum absolute atomic E-state index is 12.1. The Morgan fingerprint density at radius 1 is 1.13 bits per heavy atom. The summed E-state index contributed by atoms with van der Waals surface area (Å²) in [5.74, 6) is 0. The van der Waals surface area contributed by atoms with E-state index in [-0.39, 0.29) is 5.69 Å². The molecule has 1 fully saturated rings. The second kappa shape index (κ2) is 8.22. The number of para-hydroxylation sites is 1. The first kappa shape index (κ1) is 20.0. The lowest BCUT2D eigenvalue weighted by Crippen LogP contribution is -2.37. The second-order valence-corrected chi connectivity index (χ2v) is 8.02. The van der Waals surface area contributed by atoms with E-state index >= 15 is 0 Å². The molecule has 0 atom stereocenters. The lowest BCUT2D eigenvalue weighted by Gasteiger charge is -2.33. The van der Waals surface area contributed by atoms with Crippen LogP contribution < -0.4 is 16.0 Å². The standard InChI is InChI=1S/C19H20N6O4S/c20-18-16(30(26,27)28)12-15(22-13-4-2-1-3-5-13)19(25-8-10-29-11-9-25)17(18)14-6-7-21-24-23-14/h1-7,12,22H,8-11,20H2,(H,26,27,28). The van der Waals surface area contributed by atoms with Gasteiger partial charge in [-0.1, -0.05) is 18.2 Å². The topological polar surface area (TPSA) is 144 Å². The third kappa shape index (κ3) is 4.03. The van der Waals surface area contributed by atoms with Crippen molar-refractivity contribution in [2.24, 2.45) is 0 Å². The summed E-state index contributed by atoms with van der Waals surface area (Å²) in [4.78, 5) is 1.63. The molecule has 0 aliphatic carbocycles. The summed E-state index contributed by atoms with van der Waals surface area (Å²) in [6.45, 7) is 2.15. The number of nitrogens with two attached hydrogens (primary N) is 1. The van der Waals surface area contributed by atoms with Gasteiger partial charge in [-0.3, -0.25) is 4.55 Å². The van der Waals surface area contributed by atoms with Gasteiger partial charge < -0.3 is 20.7 Å². The molecule has 0 unspecified atom stereocenters. The zero-order valence-corrected chi connectivity index (χ0v) is 16.7. The molecule has 0 bridgehead atoms. The fourth-order valence-corrected chi connectivity index (χ4v) is 4.04. The van der Waals surface area contributed by atoms with Crippen LogP contribution in [0.25, 0.3) is 11.3 Å². The highest BCUT2D eigenvalue weighted by Gasteiger charge is 2.28. The number of benzene rings is 2. The van der Waals surface area contributed by atoms with Gasteiger partial charge in [-0.2, -0.15) is 8.42 Å². The Labute approximate surface area is 173 Å². The Balaban J connectivity index is 2.01. The molecule has 0 saturated carbocycles. The molecule has 1 aliphatic heterocycles. The Bertz CT molecular complexity index is 1140. The average molecular weight is 428 g/mol. The lowest BCUT2D eigenvalue weighted by molar-refractivity contribution is 0.123. The number of nitrogens with zero attached hydrogens (tertiary/aromatic N) is 4. The Kier molecular flexibility index (Phi) is 5.48.